The summed E-state index contributed by atoms with van der Waals surface area (Å²) in [5, 5.41) is 9.67. The van der Waals surface area contributed by atoms with Gasteiger partial charge in [0.1, 0.15) is 5.60 Å². The Kier molecular flexibility index (Phi) is 5.56. The standard InChI is InChI=1S/C10H17NO2.CH2O2/c1-5-7-6-8(7)11-9(12)13-10(2,3)4;2-1-3/h5,7-8H,1,6H2,2-4H3,(H,11,12);1H,(H,2,3)/t7-,8-;/m0./s1. The molecule has 1 aliphatic rings. The maximum Gasteiger partial charge on any atom is 0.407 e. The van der Waals surface area contributed by atoms with Crippen LogP contribution in [0, 0.1) is 5.92 Å². The summed E-state index contributed by atoms with van der Waals surface area (Å²) in [4.78, 5) is 19.6. The minimum Gasteiger partial charge on any atom is -0.483 e. The number of alkyl carbamates (subject to hydrolysis) is 1. The van der Waals surface area contributed by atoms with E-state index >= 15 is 0 Å². The van der Waals surface area contributed by atoms with Crippen LogP contribution in [0.25, 0.3) is 0 Å². The lowest BCUT2D eigenvalue weighted by atomic mass is 10.2. The van der Waals surface area contributed by atoms with Gasteiger partial charge in [0, 0.05) is 6.04 Å². The van der Waals surface area contributed by atoms with Crippen LogP contribution in [-0.4, -0.2) is 29.3 Å². The Labute approximate surface area is 95.5 Å². The molecule has 0 aromatic heterocycles. The molecule has 0 saturated heterocycles. The third-order valence-corrected chi connectivity index (χ3v) is 1.84. The van der Waals surface area contributed by atoms with E-state index in [9.17, 15) is 4.79 Å². The Balaban J connectivity index is 0.000000673. The van der Waals surface area contributed by atoms with Crippen LogP contribution >= 0.6 is 0 Å². The van der Waals surface area contributed by atoms with Gasteiger partial charge in [-0.2, -0.15) is 0 Å². The van der Waals surface area contributed by atoms with Gasteiger partial charge in [-0.1, -0.05) is 6.08 Å². The fourth-order valence-corrected chi connectivity index (χ4v) is 1.10. The van der Waals surface area contributed by atoms with Gasteiger partial charge >= 0.3 is 6.09 Å². The summed E-state index contributed by atoms with van der Waals surface area (Å²) in [6.45, 7) is 8.97. The molecular weight excluding hydrogens is 210 g/mol. The lowest BCUT2D eigenvalue weighted by Gasteiger charge is -2.19. The highest BCUT2D eigenvalue weighted by Crippen LogP contribution is 2.31. The molecule has 92 valence electrons. The molecule has 0 unspecified atom stereocenters. The van der Waals surface area contributed by atoms with Crippen molar-refractivity contribution in [3.63, 3.8) is 0 Å². The van der Waals surface area contributed by atoms with Crippen LogP contribution in [0.3, 0.4) is 0 Å². The van der Waals surface area contributed by atoms with E-state index in [0.717, 1.165) is 6.42 Å². The van der Waals surface area contributed by atoms with Crippen molar-refractivity contribution >= 4 is 12.6 Å². The average Bonchev–Trinajstić information content (AvgIpc) is 2.80. The van der Waals surface area contributed by atoms with Crippen LogP contribution in [0.5, 0.6) is 0 Å². The number of nitrogens with one attached hydrogen (secondary N) is 1. The van der Waals surface area contributed by atoms with Crippen LogP contribution in [0.15, 0.2) is 12.7 Å². The van der Waals surface area contributed by atoms with Gasteiger partial charge in [-0.25, -0.2) is 4.79 Å². The molecule has 5 nitrogen and oxygen atoms in total. The van der Waals surface area contributed by atoms with Crippen molar-refractivity contribution in [1.29, 1.82) is 0 Å². The average molecular weight is 229 g/mol. The maximum atomic E-state index is 11.2. The van der Waals surface area contributed by atoms with Crippen LogP contribution in [0.1, 0.15) is 27.2 Å². The quantitative estimate of drug-likeness (QED) is 0.559. The molecule has 1 fully saturated rings. The summed E-state index contributed by atoms with van der Waals surface area (Å²) in [6.07, 6.45) is 2.52. The zero-order valence-electron chi connectivity index (χ0n) is 9.90. The monoisotopic (exact) mass is 229 g/mol. The Morgan fingerprint density at radius 2 is 2.06 bits per heavy atom. The predicted octanol–water partition coefficient (Wildman–Crippen LogP) is 1.79. The van der Waals surface area contributed by atoms with E-state index in [4.69, 9.17) is 14.6 Å². The number of carbonyl (C=O) groups is 2. The molecule has 0 bridgehead atoms. The highest BCUT2D eigenvalue weighted by molar-refractivity contribution is 5.68. The number of carbonyl (C=O) groups excluding carboxylic acids is 1. The second-order valence-corrected chi connectivity index (χ2v) is 4.49. The Bertz CT molecular complexity index is 257. The van der Waals surface area contributed by atoms with E-state index in [-0.39, 0.29) is 18.6 Å². The number of hydrogen-bond donors (Lipinski definition) is 2. The fraction of sp³-hybridized carbons (Fsp3) is 0.636. The summed E-state index contributed by atoms with van der Waals surface area (Å²) in [7, 11) is 0. The summed E-state index contributed by atoms with van der Waals surface area (Å²) in [5.41, 5.74) is -0.414. The number of rotatable bonds is 2. The van der Waals surface area contributed by atoms with Gasteiger partial charge in [0.05, 0.1) is 0 Å². The largest absolute Gasteiger partial charge is 0.483 e. The summed E-state index contributed by atoms with van der Waals surface area (Å²) in [5.74, 6) is 0.438. The fourth-order valence-electron chi connectivity index (χ4n) is 1.10. The Morgan fingerprint density at radius 3 is 2.38 bits per heavy atom. The van der Waals surface area contributed by atoms with Gasteiger partial charge in [0.25, 0.3) is 6.47 Å². The maximum absolute atomic E-state index is 11.2. The first-order valence-electron chi connectivity index (χ1n) is 5.04. The zero-order chi connectivity index (χ0) is 12.8. The first-order chi connectivity index (χ1) is 7.34. The molecule has 5 heteroatoms. The van der Waals surface area contributed by atoms with Gasteiger partial charge in [-0.05, 0) is 33.1 Å². The van der Waals surface area contributed by atoms with Crippen LogP contribution in [0.2, 0.25) is 0 Å². The summed E-state index contributed by atoms with van der Waals surface area (Å²) in [6, 6.07) is 0.243. The van der Waals surface area contributed by atoms with Crippen molar-refractivity contribution in [3.8, 4) is 0 Å². The number of carboxylic acid groups (broad SMARTS) is 1. The van der Waals surface area contributed by atoms with Crippen molar-refractivity contribution in [2.45, 2.75) is 38.8 Å². The van der Waals surface area contributed by atoms with Crippen LogP contribution in [-0.2, 0) is 9.53 Å². The Morgan fingerprint density at radius 1 is 1.56 bits per heavy atom. The summed E-state index contributed by atoms with van der Waals surface area (Å²) >= 11 is 0. The molecule has 0 aromatic carbocycles. The molecule has 0 radical (unpaired) electrons. The van der Waals surface area contributed by atoms with Crippen molar-refractivity contribution in [3.05, 3.63) is 12.7 Å². The predicted molar refractivity (Wildman–Crippen MR) is 60.2 cm³/mol. The molecule has 1 rings (SSSR count). The molecule has 1 aliphatic carbocycles. The third-order valence-electron chi connectivity index (χ3n) is 1.84. The topological polar surface area (TPSA) is 75.6 Å². The van der Waals surface area contributed by atoms with E-state index in [2.05, 4.69) is 11.9 Å². The van der Waals surface area contributed by atoms with Crippen molar-refractivity contribution < 1.29 is 19.4 Å². The molecule has 1 saturated carbocycles. The molecule has 16 heavy (non-hydrogen) atoms. The molecule has 2 N–H and O–H groups in total. The van der Waals surface area contributed by atoms with Crippen LogP contribution in [0.4, 0.5) is 4.79 Å². The highest BCUT2D eigenvalue weighted by Gasteiger charge is 2.36. The smallest absolute Gasteiger partial charge is 0.407 e. The lowest BCUT2D eigenvalue weighted by molar-refractivity contribution is -0.122. The van der Waals surface area contributed by atoms with Gasteiger partial charge in [0.2, 0.25) is 0 Å². The number of amides is 1. The molecule has 0 heterocycles. The number of hydrogen-bond acceptors (Lipinski definition) is 3. The molecule has 0 spiro atoms. The van der Waals surface area contributed by atoms with E-state index in [1.165, 1.54) is 0 Å². The third kappa shape index (κ3) is 6.86. The molecular formula is C11H19NO4. The van der Waals surface area contributed by atoms with E-state index in [0.29, 0.717) is 5.92 Å². The first kappa shape index (κ1) is 14.5. The van der Waals surface area contributed by atoms with E-state index < -0.39 is 5.60 Å². The lowest BCUT2D eigenvalue weighted by Crippen LogP contribution is -2.34. The van der Waals surface area contributed by atoms with Gasteiger partial charge < -0.3 is 15.2 Å². The minimum atomic E-state index is -0.414. The van der Waals surface area contributed by atoms with Crippen molar-refractivity contribution in [2.75, 3.05) is 0 Å². The zero-order valence-corrected chi connectivity index (χ0v) is 9.90. The molecule has 0 aromatic rings. The first-order valence-corrected chi connectivity index (χ1v) is 5.04. The second-order valence-electron chi connectivity index (χ2n) is 4.49. The normalized spacial score (nSPS) is 22.2. The van der Waals surface area contributed by atoms with Crippen molar-refractivity contribution in [2.24, 2.45) is 5.92 Å². The van der Waals surface area contributed by atoms with Crippen molar-refractivity contribution in [1.82, 2.24) is 5.32 Å². The van der Waals surface area contributed by atoms with Gasteiger partial charge in [-0.15, -0.1) is 6.58 Å². The molecule has 1 amide bonds. The van der Waals surface area contributed by atoms with Crippen LogP contribution < -0.4 is 5.32 Å². The number of ether oxygens (including phenoxy) is 1. The highest BCUT2D eigenvalue weighted by atomic mass is 16.6. The summed E-state index contributed by atoms with van der Waals surface area (Å²) < 4.78 is 5.10. The molecule has 2 atom stereocenters. The second kappa shape index (κ2) is 6.15. The van der Waals surface area contributed by atoms with E-state index in [1.807, 2.05) is 26.8 Å². The van der Waals surface area contributed by atoms with E-state index in [1.54, 1.807) is 0 Å². The van der Waals surface area contributed by atoms with Gasteiger partial charge in [0.15, 0.2) is 0 Å². The minimum absolute atomic E-state index is 0.243. The Hall–Kier alpha value is -1.52. The van der Waals surface area contributed by atoms with Gasteiger partial charge in [-0.3, -0.25) is 4.79 Å². The molecule has 0 aliphatic heterocycles. The SMILES string of the molecule is C=C[C@H]1C[C@@H]1NC(=O)OC(C)(C)C.O=CO.